The molecule has 0 saturated carbocycles. The molecule has 1 aromatic carbocycles. The predicted molar refractivity (Wildman–Crippen MR) is 127 cm³/mol. The Hall–Kier alpha value is -2.18. The summed E-state index contributed by atoms with van der Waals surface area (Å²) in [5.74, 6) is 1.13. The number of thiophene rings is 1. The Labute approximate surface area is 189 Å². The number of piperidine rings is 1. The van der Waals surface area contributed by atoms with Gasteiger partial charge in [0, 0.05) is 44.8 Å². The first-order valence-electron chi connectivity index (χ1n) is 11.5. The van der Waals surface area contributed by atoms with Crippen molar-refractivity contribution in [2.24, 2.45) is 5.92 Å². The molecule has 0 spiro atoms. The van der Waals surface area contributed by atoms with E-state index < -0.39 is 0 Å². The zero-order valence-corrected chi connectivity index (χ0v) is 19.3. The third-order valence-corrected chi connectivity index (χ3v) is 7.71. The van der Waals surface area contributed by atoms with Gasteiger partial charge >= 0.3 is 0 Å². The van der Waals surface area contributed by atoms with Gasteiger partial charge in [-0.25, -0.2) is 0 Å². The van der Waals surface area contributed by atoms with E-state index in [9.17, 15) is 9.59 Å². The van der Waals surface area contributed by atoms with Gasteiger partial charge in [-0.3, -0.25) is 14.5 Å². The molecule has 5 nitrogen and oxygen atoms in total. The van der Waals surface area contributed by atoms with Crippen LogP contribution < -0.4 is 4.90 Å². The fourth-order valence-corrected chi connectivity index (χ4v) is 5.48. The molecule has 2 fully saturated rings. The van der Waals surface area contributed by atoms with Crippen molar-refractivity contribution in [2.45, 2.75) is 39.2 Å². The number of para-hydroxylation sites is 1. The molecule has 4 rings (SSSR count). The van der Waals surface area contributed by atoms with Crippen LogP contribution in [0.5, 0.6) is 0 Å². The molecule has 166 valence electrons. The SMILES string of the molecule is CC(=O)c1cc(CN2CCC(CCC(=O)N3CCN(c4ccccc4)CC3)CC2)cs1. The third kappa shape index (κ3) is 5.95. The first-order chi connectivity index (χ1) is 15.1. The lowest BCUT2D eigenvalue weighted by atomic mass is 9.91. The number of carbonyl (C=O) groups is 2. The first-order valence-corrected chi connectivity index (χ1v) is 12.3. The van der Waals surface area contributed by atoms with Crippen molar-refractivity contribution in [3.05, 3.63) is 52.2 Å². The number of piperazine rings is 1. The minimum absolute atomic E-state index is 0.154. The van der Waals surface area contributed by atoms with E-state index >= 15 is 0 Å². The maximum atomic E-state index is 12.7. The quantitative estimate of drug-likeness (QED) is 0.604. The van der Waals surface area contributed by atoms with Crippen molar-refractivity contribution in [1.82, 2.24) is 9.80 Å². The highest BCUT2D eigenvalue weighted by Crippen LogP contribution is 2.25. The summed E-state index contributed by atoms with van der Waals surface area (Å²) in [5, 5.41) is 2.11. The van der Waals surface area contributed by atoms with Crippen LogP contribution in [0.25, 0.3) is 0 Å². The summed E-state index contributed by atoms with van der Waals surface area (Å²) in [4.78, 5) is 32.0. The summed E-state index contributed by atoms with van der Waals surface area (Å²) >= 11 is 1.55. The Morgan fingerprint density at radius 3 is 2.35 bits per heavy atom. The second-order valence-corrected chi connectivity index (χ2v) is 9.75. The van der Waals surface area contributed by atoms with Crippen LogP contribution in [0.2, 0.25) is 0 Å². The van der Waals surface area contributed by atoms with Crippen molar-refractivity contribution >= 4 is 28.7 Å². The Kier molecular flexibility index (Phi) is 7.41. The number of nitrogens with zero attached hydrogens (tertiary/aromatic N) is 3. The molecule has 0 aliphatic carbocycles. The summed E-state index contributed by atoms with van der Waals surface area (Å²) in [7, 11) is 0. The van der Waals surface area contributed by atoms with E-state index in [1.165, 1.54) is 24.1 Å². The van der Waals surface area contributed by atoms with Gasteiger partial charge in [0.2, 0.25) is 5.91 Å². The Morgan fingerprint density at radius 2 is 1.71 bits per heavy atom. The van der Waals surface area contributed by atoms with Gasteiger partial charge in [-0.15, -0.1) is 11.3 Å². The van der Waals surface area contributed by atoms with Crippen LogP contribution in [0.3, 0.4) is 0 Å². The number of Topliss-reactive ketones (excluding diaryl/α,β-unsaturated/α-hetero) is 1. The van der Waals surface area contributed by atoms with E-state index in [1.807, 2.05) is 12.1 Å². The van der Waals surface area contributed by atoms with E-state index in [2.05, 4.69) is 44.3 Å². The summed E-state index contributed by atoms with van der Waals surface area (Å²) in [6.45, 7) is 8.22. The molecule has 1 aromatic heterocycles. The number of carbonyl (C=O) groups excluding carboxylic acids is 2. The lowest BCUT2D eigenvalue weighted by Gasteiger charge is -2.36. The second-order valence-electron chi connectivity index (χ2n) is 8.84. The summed E-state index contributed by atoms with van der Waals surface area (Å²) in [6, 6.07) is 12.5. The Morgan fingerprint density at radius 1 is 1.00 bits per heavy atom. The van der Waals surface area contributed by atoms with Gasteiger partial charge in [0.05, 0.1) is 4.88 Å². The van der Waals surface area contributed by atoms with Crippen LogP contribution in [0.15, 0.2) is 41.8 Å². The molecule has 1 amide bonds. The normalized spacial score (nSPS) is 18.4. The van der Waals surface area contributed by atoms with Gasteiger partial charge in [0.25, 0.3) is 0 Å². The van der Waals surface area contributed by atoms with Crippen molar-refractivity contribution in [3.63, 3.8) is 0 Å². The Bertz CT molecular complexity index is 866. The standard InChI is InChI=1S/C25H33N3O2S/c1-20(29)24-17-22(19-31-24)18-26-11-9-21(10-12-26)7-8-25(30)28-15-13-27(14-16-28)23-5-3-2-4-6-23/h2-6,17,19,21H,7-16,18H2,1H3. The Balaban J connectivity index is 1.14. The van der Waals surface area contributed by atoms with Crippen molar-refractivity contribution < 1.29 is 9.59 Å². The molecule has 0 unspecified atom stereocenters. The average Bonchev–Trinajstić information content (AvgIpc) is 3.28. The van der Waals surface area contributed by atoms with Crippen LogP contribution in [0, 0.1) is 5.92 Å². The summed E-state index contributed by atoms with van der Waals surface area (Å²) < 4.78 is 0. The van der Waals surface area contributed by atoms with Crippen molar-refractivity contribution in [2.75, 3.05) is 44.2 Å². The van der Waals surface area contributed by atoms with Gasteiger partial charge in [0.15, 0.2) is 5.78 Å². The number of hydrogen-bond acceptors (Lipinski definition) is 5. The fraction of sp³-hybridized carbons (Fsp3) is 0.520. The highest BCUT2D eigenvalue weighted by Gasteiger charge is 2.24. The number of benzene rings is 1. The van der Waals surface area contributed by atoms with Crippen molar-refractivity contribution in [3.8, 4) is 0 Å². The maximum absolute atomic E-state index is 12.7. The van der Waals surface area contributed by atoms with E-state index in [0.717, 1.165) is 57.1 Å². The zero-order valence-electron chi connectivity index (χ0n) is 18.5. The lowest BCUT2D eigenvalue weighted by Crippen LogP contribution is -2.48. The van der Waals surface area contributed by atoms with Gasteiger partial charge in [0.1, 0.15) is 0 Å². The van der Waals surface area contributed by atoms with E-state index in [-0.39, 0.29) is 5.78 Å². The van der Waals surface area contributed by atoms with Gasteiger partial charge in [-0.1, -0.05) is 18.2 Å². The number of hydrogen-bond donors (Lipinski definition) is 0. The molecule has 2 aliphatic rings. The molecular weight excluding hydrogens is 406 g/mol. The van der Waals surface area contributed by atoms with Gasteiger partial charge in [-0.2, -0.15) is 0 Å². The monoisotopic (exact) mass is 439 g/mol. The minimum Gasteiger partial charge on any atom is -0.368 e. The summed E-state index contributed by atoms with van der Waals surface area (Å²) in [6.07, 6.45) is 4.03. The smallest absolute Gasteiger partial charge is 0.222 e. The molecule has 0 radical (unpaired) electrons. The van der Waals surface area contributed by atoms with Crippen molar-refractivity contribution in [1.29, 1.82) is 0 Å². The highest BCUT2D eigenvalue weighted by molar-refractivity contribution is 7.12. The number of likely N-dealkylation sites (tertiary alicyclic amines) is 1. The zero-order chi connectivity index (χ0) is 21.6. The topological polar surface area (TPSA) is 43.9 Å². The molecule has 0 atom stereocenters. The first kappa shape index (κ1) is 22.0. The number of anilines is 1. The molecule has 3 heterocycles. The van der Waals surface area contributed by atoms with Crippen LogP contribution in [-0.2, 0) is 11.3 Å². The molecule has 2 saturated heterocycles. The second kappa shape index (κ2) is 10.4. The van der Waals surface area contributed by atoms with Gasteiger partial charge < -0.3 is 9.80 Å². The number of ketones is 1. The molecule has 2 aromatic rings. The molecule has 31 heavy (non-hydrogen) atoms. The maximum Gasteiger partial charge on any atom is 0.222 e. The van der Waals surface area contributed by atoms with Crippen LogP contribution >= 0.6 is 11.3 Å². The molecule has 6 heteroatoms. The average molecular weight is 440 g/mol. The number of rotatable bonds is 7. The van der Waals surface area contributed by atoms with Gasteiger partial charge in [-0.05, 0) is 74.3 Å². The lowest BCUT2D eigenvalue weighted by molar-refractivity contribution is -0.131. The van der Waals surface area contributed by atoms with E-state index in [0.29, 0.717) is 18.2 Å². The van der Waals surface area contributed by atoms with Crippen LogP contribution in [0.1, 0.15) is 47.8 Å². The summed E-state index contributed by atoms with van der Waals surface area (Å²) in [5.41, 5.74) is 2.50. The van der Waals surface area contributed by atoms with E-state index in [1.54, 1.807) is 18.3 Å². The molecule has 2 aliphatic heterocycles. The van der Waals surface area contributed by atoms with E-state index in [4.69, 9.17) is 0 Å². The number of amides is 1. The third-order valence-electron chi connectivity index (χ3n) is 6.63. The largest absolute Gasteiger partial charge is 0.368 e. The van der Waals surface area contributed by atoms with Crippen LogP contribution in [-0.4, -0.2) is 60.8 Å². The predicted octanol–water partition coefficient (Wildman–Crippen LogP) is 4.29. The molecular formula is C25H33N3O2S. The highest BCUT2D eigenvalue weighted by atomic mass is 32.1. The minimum atomic E-state index is 0.154. The molecule has 0 bridgehead atoms. The fourth-order valence-electron chi connectivity index (χ4n) is 4.67. The molecule has 0 N–H and O–H groups in total. The van der Waals surface area contributed by atoms with Crippen LogP contribution in [0.4, 0.5) is 5.69 Å².